The molecule has 0 aromatic carbocycles. The predicted molar refractivity (Wildman–Crippen MR) is 66.0 cm³/mol. The fourth-order valence-corrected chi connectivity index (χ4v) is 1.96. The lowest BCUT2D eigenvalue weighted by Crippen LogP contribution is -2.41. The van der Waals surface area contributed by atoms with Crippen molar-refractivity contribution in [1.29, 1.82) is 0 Å². The number of aromatic amines is 1. The first-order chi connectivity index (χ1) is 8.20. The average molecular weight is 354 g/mol. The molecule has 7 nitrogen and oxygen atoms in total. The van der Waals surface area contributed by atoms with E-state index in [1.54, 1.807) is 23.0 Å². The normalized spacial score (nSPS) is 24.8. The Morgan fingerprint density at radius 2 is 2.35 bits per heavy atom. The smallest absolute Gasteiger partial charge is 0.330 e. The summed E-state index contributed by atoms with van der Waals surface area (Å²) in [5.74, 6) is 0. The summed E-state index contributed by atoms with van der Waals surface area (Å²) in [6, 6.07) is 1.27. The lowest BCUT2D eigenvalue weighted by Gasteiger charge is -2.30. The summed E-state index contributed by atoms with van der Waals surface area (Å²) in [5.41, 5.74) is -0.947. The second-order valence-corrected chi connectivity index (χ2v) is 4.17. The SMILES string of the molecule is O=c1ccn(C2COCC(COI)O2)c(=O)[nH]1. The summed E-state index contributed by atoms with van der Waals surface area (Å²) < 4.78 is 17.2. The molecule has 0 radical (unpaired) electrons. The minimum absolute atomic E-state index is 0.218. The predicted octanol–water partition coefficient (Wildman–Crippen LogP) is -0.183. The Morgan fingerprint density at radius 1 is 1.53 bits per heavy atom. The summed E-state index contributed by atoms with van der Waals surface area (Å²) in [6.07, 6.45) is 0.636. The number of hydrogen-bond donors (Lipinski definition) is 1. The zero-order chi connectivity index (χ0) is 12.3. The van der Waals surface area contributed by atoms with Crippen LogP contribution in [0.1, 0.15) is 6.23 Å². The van der Waals surface area contributed by atoms with Crippen molar-refractivity contribution >= 4 is 23.0 Å². The molecule has 1 aromatic rings. The molecular formula is C9H11IN2O5. The van der Waals surface area contributed by atoms with Crippen molar-refractivity contribution in [2.24, 2.45) is 0 Å². The Kier molecular flexibility index (Phi) is 4.31. The zero-order valence-electron chi connectivity index (χ0n) is 8.80. The lowest BCUT2D eigenvalue weighted by molar-refractivity contribution is -0.175. The van der Waals surface area contributed by atoms with Crippen molar-refractivity contribution in [3.8, 4) is 0 Å². The molecule has 1 aliphatic rings. The fourth-order valence-electron chi connectivity index (χ4n) is 1.56. The molecule has 0 amide bonds. The van der Waals surface area contributed by atoms with E-state index in [4.69, 9.17) is 12.5 Å². The van der Waals surface area contributed by atoms with E-state index in [0.717, 1.165) is 0 Å². The molecule has 2 rings (SSSR count). The van der Waals surface area contributed by atoms with Crippen LogP contribution < -0.4 is 11.2 Å². The van der Waals surface area contributed by atoms with Gasteiger partial charge < -0.3 is 12.5 Å². The third-order valence-corrected chi connectivity index (χ3v) is 2.68. The zero-order valence-corrected chi connectivity index (χ0v) is 11.0. The van der Waals surface area contributed by atoms with Crippen molar-refractivity contribution in [2.45, 2.75) is 12.3 Å². The molecule has 8 heteroatoms. The third kappa shape index (κ3) is 3.15. The number of hydrogen-bond acceptors (Lipinski definition) is 5. The lowest BCUT2D eigenvalue weighted by atomic mass is 10.3. The Labute approximate surface area is 110 Å². The summed E-state index contributed by atoms with van der Waals surface area (Å²) in [7, 11) is 0. The molecule has 17 heavy (non-hydrogen) atoms. The molecule has 0 bridgehead atoms. The fraction of sp³-hybridized carbons (Fsp3) is 0.556. The molecule has 2 atom stereocenters. The minimum Gasteiger partial charge on any atom is -0.374 e. The summed E-state index contributed by atoms with van der Waals surface area (Å²) >= 11 is 1.77. The van der Waals surface area contributed by atoms with Gasteiger partial charge in [0.15, 0.2) is 6.23 Å². The highest BCUT2D eigenvalue weighted by molar-refractivity contribution is 14.1. The number of halogens is 1. The number of H-pyrrole nitrogens is 1. The highest BCUT2D eigenvalue weighted by Crippen LogP contribution is 2.16. The van der Waals surface area contributed by atoms with E-state index in [2.05, 4.69) is 4.98 Å². The Bertz CT molecular complexity index is 483. The van der Waals surface area contributed by atoms with Gasteiger partial charge in [-0.2, -0.15) is 0 Å². The van der Waals surface area contributed by atoms with E-state index in [1.807, 2.05) is 0 Å². The number of rotatable bonds is 3. The highest BCUT2D eigenvalue weighted by atomic mass is 127. The van der Waals surface area contributed by atoms with E-state index >= 15 is 0 Å². The van der Waals surface area contributed by atoms with E-state index in [0.29, 0.717) is 13.2 Å². The van der Waals surface area contributed by atoms with E-state index in [9.17, 15) is 9.59 Å². The first-order valence-corrected chi connectivity index (χ1v) is 5.87. The molecule has 94 valence electrons. The van der Waals surface area contributed by atoms with E-state index in [-0.39, 0.29) is 12.7 Å². The largest absolute Gasteiger partial charge is 0.374 e. The number of nitrogens with one attached hydrogen (secondary N) is 1. The summed E-state index contributed by atoms with van der Waals surface area (Å²) in [6.45, 7) is 1.08. The van der Waals surface area contributed by atoms with Gasteiger partial charge in [0.2, 0.25) is 0 Å². The first kappa shape index (κ1) is 12.7. The van der Waals surface area contributed by atoms with Crippen molar-refractivity contribution in [3.63, 3.8) is 0 Å². The van der Waals surface area contributed by atoms with Gasteiger partial charge in [-0.25, -0.2) is 4.79 Å². The van der Waals surface area contributed by atoms with Gasteiger partial charge in [-0.15, -0.1) is 0 Å². The van der Waals surface area contributed by atoms with Gasteiger partial charge in [0, 0.05) is 12.3 Å². The molecule has 2 unspecified atom stereocenters. The standard InChI is InChI=1S/C9H11IN2O5/c10-16-4-6-3-15-5-8(17-6)12-2-1-7(13)11-9(12)14/h1-2,6,8H,3-5H2,(H,11,13,14). The van der Waals surface area contributed by atoms with Crippen LogP contribution >= 0.6 is 23.0 Å². The first-order valence-electron chi connectivity index (χ1n) is 4.99. The van der Waals surface area contributed by atoms with Crippen molar-refractivity contribution in [2.75, 3.05) is 19.8 Å². The van der Waals surface area contributed by atoms with Gasteiger partial charge in [0.25, 0.3) is 5.56 Å². The molecule has 1 fully saturated rings. The van der Waals surface area contributed by atoms with Crippen LogP contribution in [0.5, 0.6) is 0 Å². The third-order valence-electron chi connectivity index (χ3n) is 2.32. The average Bonchev–Trinajstić information content (AvgIpc) is 2.29. The quantitative estimate of drug-likeness (QED) is 0.762. The van der Waals surface area contributed by atoms with Crippen LogP contribution in [0.2, 0.25) is 0 Å². The van der Waals surface area contributed by atoms with Crippen molar-refractivity contribution in [1.82, 2.24) is 9.55 Å². The Balaban J connectivity index is 2.16. The minimum atomic E-state index is -0.537. The molecule has 0 aliphatic carbocycles. The maximum atomic E-state index is 11.5. The van der Waals surface area contributed by atoms with Crippen molar-refractivity contribution in [3.05, 3.63) is 33.1 Å². The second kappa shape index (κ2) is 5.76. The van der Waals surface area contributed by atoms with Gasteiger partial charge in [-0.05, 0) is 0 Å². The maximum absolute atomic E-state index is 11.5. The topological polar surface area (TPSA) is 82.5 Å². The van der Waals surface area contributed by atoms with Crippen LogP contribution in [-0.2, 0) is 12.5 Å². The van der Waals surface area contributed by atoms with Crippen LogP contribution in [0.25, 0.3) is 0 Å². The summed E-state index contributed by atoms with van der Waals surface area (Å²) in [4.78, 5) is 24.6. The number of ether oxygens (including phenoxy) is 2. The van der Waals surface area contributed by atoms with Crippen molar-refractivity contribution < 1.29 is 12.5 Å². The molecule has 0 spiro atoms. The monoisotopic (exact) mass is 354 g/mol. The van der Waals surface area contributed by atoms with Crippen LogP contribution in [-0.4, -0.2) is 35.5 Å². The summed E-state index contributed by atoms with van der Waals surface area (Å²) in [5, 5.41) is 0. The molecule has 0 saturated carbocycles. The van der Waals surface area contributed by atoms with Crippen LogP contribution in [0.3, 0.4) is 0 Å². The van der Waals surface area contributed by atoms with Gasteiger partial charge in [0.05, 0.1) is 19.8 Å². The highest BCUT2D eigenvalue weighted by Gasteiger charge is 2.25. The Morgan fingerprint density at radius 3 is 3.06 bits per heavy atom. The van der Waals surface area contributed by atoms with E-state index in [1.165, 1.54) is 16.8 Å². The van der Waals surface area contributed by atoms with Crippen LogP contribution in [0.4, 0.5) is 0 Å². The van der Waals surface area contributed by atoms with Crippen LogP contribution in [0.15, 0.2) is 21.9 Å². The molecule has 1 aliphatic heterocycles. The molecule has 1 saturated heterocycles. The maximum Gasteiger partial charge on any atom is 0.330 e. The van der Waals surface area contributed by atoms with Gasteiger partial charge in [0.1, 0.15) is 29.1 Å². The van der Waals surface area contributed by atoms with Gasteiger partial charge in [-0.3, -0.25) is 14.3 Å². The second-order valence-electron chi connectivity index (χ2n) is 3.54. The number of aromatic nitrogens is 2. The van der Waals surface area contributed by atoms with E-state index < -0.39 is 17.5 Å². The number of nitrogens with zero attached hydrogens (tertiary/aromatic N) is 1. The van der Waals surface area contributed by atoms with Gasteiger partial charge >= 0.3 is 5.69 Å². The molecular weight excluding hydrogens is 343 g/mol. The molecule has 2 heterocycles. The van der Waals surface area contributed by atoms with Crippen LogP contribution in [0, 0.1) is 0 Å². The van der Waals surface area contributed by atoms with Gasteiger partial charge in [-0.1, -0.05) is 0 Å². The molecule has 1 N–H and O–H groups in total. The Hall–Kier alpha value is -0.710. The molecule has 1 aromatic heterocycles.